The van der Waals surface area contributed by atoms with E-state index in [2.05, 4.69) is 20.9 Å². The fourth-order valence-corrected chi connectivity index (χ4v) is 1.15. The Hall–Kier alpha value is -1.66. The van der Waals surface area contributed by atoms with Gasteiger partial charge in [-0.25, -0.2) is 15.0 Å². The zero-order chi connectivity index (χ0) is 9.26. The zero-order valence-corrected chi connectivity index (χ0v) is 7.28. The maximum absolute atomic E-state index is 5.76. The van der Waals surface area contributed by atoms with Crippen molar-refractivity contribution in [1.82, 2.24) is 15.0 Å². The molecule has 0 amide bonds. The molecule has 3 nitrogen and oxygen atoms in total. The number of hydrogen-bond donors (Lipinski definition) is 0. The topological polar surface area (TPSA) is 38.7 Å². The molecular weight excluding hydrogens is 186 g/mol. The van der Waals surface area contributed by atoms with Gasteiger partial charge in [-0.1, -0.05) is 11.6 Å². The first-order valence-electron chi connectivity index (χ1n) is 3.56. The van der Waals surface area contributed by atoms with Crippen LogP contribution in [0, 0.1) is 12.3 Å². The number of nitrogens with zero attached hydrogens (tertiary/aromatic N) is 3. The lowest BCUT2D eigenvalue weighted by Crippen LogP contribution is -1.92. The van der Waals surface area contributed by atoms with Crippen molar-refractivity contribution in [2.45, 2.75) is 0 Å². The minimum absolute atomic E-state index is 0.239. The predicted octanol–water partition coefficient (Wildman–Crippen LogP) is 1.66. The van der Waals surface area contributed by atoms with E-state index in [0.717, 1.165) is 0 Å². The fraction of sp³-hybridized carbons (Fsp3) is 0. The van der Waals surface area contributed by atoms with Crippen molar-refractivity contribution in [3.8, 4) is 12.3 Å². The highest BCUT2D eigenvalue weighted by Crippen LogP contribution is 2.13. The second-order valence-electron chi connectivity index (χ2n) is 2.35. The van der Waals surface area contributed by atoms with Crippen molar-refractivity contribution in [3.05, 3.63) is 29.2 Å². The van der Waals surface area contributed by atoms with E-state index in [1.54, 1.807) is 18.3 Å². The monoisotopic (exact) mass is 189 g/mol. The first-order valence-corrected chi connectivity index (χ1v) is 3.94. The van der Waals surface area contributed by atoms with Crippen LogP contribution in [0.15, 0.2) is 18.3 Å². The summed E-state index contributed by atoms with van der Waals surface area (Å²) in [4.78, 5) is 12.1. The summed E-state index contributed by atoms with van der Waals surface area (Å²) in [7, 11) is 0. The molecule has 0 fully saturated rings. The second kappa shape index (κ2) is 3.00. The van der Waals surface area contributed by atoms with Gasteiger partial charge in [0.2, 0.25) is 0 Å². The van der Waals surface area contributed by atoms with Crippen molar-refractivity contribution >= 4 is 22.8 Å². The van der Waals surface area contributed by atoms with Gasteiger partial charge in [0.15, 0.2) is 16.5 Å². The summed E-state index contributed by atoms with van der Waals surface area (Å²) in [5, 5.41) is 0.239. The molecule has 4 heteroatoms. The molecule has 13 heavy (non-hydrogen) atoms. The van der Waals surface area contributed by atoms with E-state index >= 15 is 0 Å². The van der Waals surface area contributed by atoms with Crippen LogP contribution in [0.5, 0.6) is 0 Å². The first-order chi connectivity index (χ1) is 6.31. The third-order valence-electron chi connectivity index (χ3n) is 1.53. The van der Waals surface area contributed by atoms with Gasteiger partial charge in [0.25, 0.3) is 0 Å². The second-order valence-corrected chi connectivity index (χ2v) is 2.71. The molecule has 0 saturated carbocycles. The Morgan fingerprint density at radius 3 is 3.00 bits per heavy atom. The molecule has 2 aromatic heterocycles. The van der Waals surface area contributed by atoms with Crippen LogP contribution in [0.1, 0.15) is 5.69 Å². The Balaban J connectivity index is 2.83. The standard InChI is InChI=1S/C9H4ClN3/c1-2-6-8(10)12-7-4-3-5-11-9(7)13-6/h1,3-5H. The molecule has 0 bridgehead atoms. The number of halogens is 1. The van der Waals surface area contributed by atoms with Crippen molar-refractivity contribution < 1.29 is 0 Å². The average Bonchev–Trinajstić information content (AvgIpc) is 2.17. The quantitative estimate of drug-likeness (QED) is 0.592. The van der Waals surface area contributed by atoms with Crippen molar-refractivity contribution in [2.24, 2.45) is 0 Å². The van der Waals surface area contributed by atoms with Gasteiger partial charge in [-0.3, -0.25) is 0 Å². The highest BCUT2D eigenvalue weighted by atomic mass is 35.5. The minimum atomic E-state index is 0.239. The smallest absolute Gasteiger partial charge is 0.179 e. The number of aromatic nitrogens is 3. The number of fused-ring (bicyclic) bond motifs is 1. The maximum atomic E-state index is 5.76. The molecule has 0 N–H and O–H groups in total. The molecule has 0 aliphatic heterocycles. The molecule has 0 radical (unpaired) electrons. The van der Waals surface area contributed by atoms with Crippen molar-refractivity contribution in [1.29, 1.82) is 0 Å². The Morgan fingerprint density at radius 2 is 2.23 bits per heavy atom. The minimum Gasteiger partial charge on any atom is -0.235 e. The number of pyridine rings is 1. The van der Waals surface area contributed by atoms with Gasteiger partial charge in [-0.15, -0.1) is 6.42 Å². The van der Waals surface area contributed by atoms with Crippen LogP contribution >= 0.6 is 11.6 Å². The molecule has 0 saturated heterocycles. The zero-order valence-electron chi connectivity index (χ0n) is 6.53. The van der Waals surface area contributed by atoms with Crippen LogP contribution in [0.3, 0.4) is 0 Å². The highest BCUT2D eigenvalue weighted by molar-refractivity contribution is 6.30. The third kappa shape index (κ3) is 1.32. The molecule has 0 aliphatic carbocycles. The van der Waals surface area contributed by atoms with Crippen LogP contribution in [0.4, 0.5) is 0 Å². The van der Waals surface area contributed by atoms with Crippen LogP contribution in [-0.4, -0.2) is 15.0 Å². The SMILES string of the molecule is C#Cc1nc2ncccc2nc1Cl. The van der Waals surface area contributed by atoms with Gasteiger partial charge in [0.05, 0.1) is 0 Å². The Labute approximate surface area is 79.8 Å². The van der Waals surface area contributed by atoms with E-state index in [1.165, 1.54) is 0 Å². The summed E-state index contributed by atoms with van der Waals surface area (Å²) < 4.78 is 0. The molecule has 0 spiro atoms. The van der Waals surface area contributed by atoms with Crippen LogP contribution in [-0.2, 0) is 0 Å². The van der Waals surface area contributed by atoms with Crippen molar-refractivity contribution in [3.63, 3.8) is 0 Å². The van der Waals surface area contributed by atoms with Crippen LogP contribution < -0.4 is 0 Å². The van der Waals surface area contributed by atoms with Gasteiger partial charge < -0.3 is 0 Å². The van der Waals surface area contributed by atoms with Crippen LogP contribution in [0.2, 0.25) is 5.15 Å². The summed E-state index contributed by atoms with van der Waals surface area (Å²) in [5.74, 6) is 2.34. The molecule has 2 aromatic rings. The number of rotatable bonds is 0. The van der Waals surface area contributed by atoms with Gasteiger partial charge in [0, 0.05) is 6.20 Å². The summed E-state index contributed by atoms with van der Waals surface area (Å²) >= 11 is 5.76. The summed E-state index contributed by atoms with van der Waals surface area (Å²) in [6.45, 7) is 0. The maximum Gasteiger partial charge on any atom is 0.179 e. The van der Waals surface area contributed by atoms with Crippen molar-refractivity contribution in [2.75, 3.05) is 0 Å². The average molecular weight is 190 g/mol. The van der Waals surface area contributed by atoms with Gasteiger partial charge >= 0.3 is 0 Å². The molecule has 0 atom stereocenters. The van der Waals surface area contributed by atoms with Gasteiger partial charge in [-0.05, 0) is 18.1 Å². The predicted molar refractivity (Wildman–Crippen MR) is 50.3 cm³/mol. The number of hydrogen-bond acceptors (Lipinski definition) is 3. The summed E-state index contributed by atoms with van der Waals surface area (Å²) in [5.41, 5.74) is 1.49. The molecular formula is C9H4ClN3. The first kappa shape index (κ1) is 7.96. The normalized spacial score (nSPS) is 9.85. The lowest BCUT2D eigenvalue weighted by Gasteiger charge is -1.97. The third-order valence-corrected chi connectivity index (χ3v) is 1.80. The van der Waals surface area contributed by atoms with E-state index < -0.39 is 0 Å². The van der Waals surface area contributed by atoms with E-state index in [0.29, 0.717) is 16.9 Å². The fourth-order valence-electron chi connectivity index (χ4n) is 0.964. The Kier molecular flexibility index (Phi) is 1.84. The summed E-state index contributed by atoms with van der Waals surface area (Å²) in [6.07, 6.45) is 6.81. The lowest BCUT2D eigenvalue weighted by atomic mass is 10.4. The van der Waals surface area contributed by atoms with Crippen LogP contribution in [0.25, 0.3) is 11.2 Å². The van der Waals surface area contributed by atoms with Gasteiger partial charge in [-0.2, -0.15) is 0 Å². The molecule has 0 aromatic carbocycles. The molecule has 0 unspecified atom stereocenters. The number of terminal acetylenes is 1. The largest absolute Gasteiger partial charge is 0.235 e. The van der Waals surface area contributed by atoms with E-state index in [9.17, 15) is 0 Å². The van der Waals surface area contributed by atoms with Gasteiger partial charge in [0.1, 0.15) is 5.52 Å². The highest BCUT2D eigenvalue weighted by Gasteiger charge is 2.03. The van der Waals surface area contributed by atoms with E-state index in [-0.39, 0.29) is 5.15 Å². The Bertz CT molecular complexity index is 502. The molecule has 2 rings (SSSR count). The summed E-state index contributed by atoms with van der Waals surface area (Å²) in [6, 6.07) is 3.55. The lowest BCUT2D eigenvalue weighted by molar-refractivity contribution is 1.20. The molecule has 0 aliphatic rings. The molecule has 2 heterocycles. The Morgan fingerprint density at radius 1 is 1.38 bits per heavy atom. The van der Waals surface area contributed by atoms with E-state index in [1.807, 2.05) is 0 Å². The molecule has 62 valence electrons. The van der Waals surface area contributed by atoms with E-state index in [4.69, 9.17) is 18.0 Å².